The maximum absolute atomic E-state index is 12.0. The molecule has 1 aromatic carbocycles. The van der Waals surface area contributed by atoms with Gasteiger partial charge in [-0.2, -0.15) is 0 Å². The van der Waals surface area contributed by atoms with Crippen molar-refractivity contribution in [1.29, 1.82) is 0 Å². The molecule has 0 atom stereocenters. The number of aliphatic hydroxyl groups is 1. The van der Waals surface area contributed by atoms with E-state index < -0.39 is 5.60 Å². The average Bonchev–Trinajstić information content (AvgIpc) is 2.31. The van der Waals surface area contributed by atoms with Gasteiger partial charge in [0.2, 0.25) is 5.91 Å². The minimum absolute atomic E-state index is 0.0562. The molecule has 1 aromatic rings. The van der Waals surface area contributed by atoms with Crippen LogP contribution in [-0.2, 0) is 4.79 Å². The van der Waals surface area contributed by atoms with E-state index in [1.165, 1.54) is 5.56 Å². The Morgan fingerprint density at radius 2 is 1.95 bits per heavy atom. The largest absolute Gasteiger partial charge is 0.389 e. The van der Waals surface area contributed by atoms with E-state index in [9.17, 15) is 9.90 Å². The highest BCUT2D eigenvalue weighted by atomic mass is 16.3. The number of carbonyl (C=O) groups is 1. The first-order valence-electron chi connectivity index (χ1n) is 7.03. The van der Waals surface area contributed by atoms with Crippen LogP contribution >= 0.6 is 0 Å². The number of likely N-dealkylation sites (N-methyl/N-ethyl adjacent to an activating group) is 1. The zero-order chi connectivity index (χ0) is 15.3. The Balaban J connectivity index is 2.59. The van der Waals surface area contributed by atoms with Crippen LogP contribution in [0.15, 0.2) is 18.2 Å². The molecular formula is C16H26N2O2. The third kappa shape index (κ3) is 5.72. The van der Waals surface area contributed by atoms with Crippen LogP contribution in [-0.4, -0.2) is 41.1 Å². The summed E-state index contributed by atoms with van der Waals surface area (Å²) in [5.41, 5.74) is 2.39. The summed E-state index contributed by atoms with van der Waals surface area (Å²) in [6.45, 7) is 11.0. The molecule has 20 heavy (non-hydrogen) atoms. The smallest absolute Gasteiger partial charge is 0.238 e. The van der Waals surface area contributed by atoms with Gasteiger partial charge in [0.25, 0.3) is 0 Å². The number of nitrogens with zero attached hydrogens (tertiary/aromatic N) is 1. The minimum atomic E-state index is -0.795. The van der Waals surface area contributed by atoms with Crippen molar-refractivity contribution in [3.05, 3.63) is 29.3 Å². The van der Waals surface area contributed by atoms with Crippen LogP contribution in [0.2, 0.25) is 0 Å². The zero-order valence-electron chi connectivity index (χ0n) is 13.2. The fourth-order valence-corrected chi connectivity index (χ4v) is 2.05. The van der Waals surface area contributed by atoms with E-state index in [4.69, 9.17) is 0 Å². The Hall–Kier alpha value is -1.39. The number of anilines is 1. The van der Waals surface area contributed by atoms with Crippen molar-refractivity contribution < 1.29 is 9.90 Å². The second-order valence-corrected chi connectivity index (χ2v) is 5.96. The van der Waals surface area contributed by atoms with Crippen LogP contribution < -0.4 is 5.32 Å². The SMILES string of the molecule is CCN(CC(=O)Nc1ccc(C)c(C)c1)CC(C)(C)O. The summed E-state index contributed by atoms with van der Waals surface area (Å²) in [5.74, 6) is -0.0562. The summed E-state index contributed by atoms with van der Waals surface area (Å²) in [4.78, 5) is 14.0. The molecule has 112 valence electrons. The quantitative estimate of drug-likeness (QED) is 0.839. The van der Waals surface area contributed by atoms with E-state index in [1.807, 2.05) is 43.9 Å². The molecule has 0 saturated heterocycles. The van der Waals surface area contributed by atoms with E-state index in [2.05, 4.69) is 5.32 Å². The molecule has 0 aliphatic rings. The van der Waals surface area contributed by atoms with E-state index >= 15 is 0 Å². The van der Waals surface area contributed by atoms with Crippen molar-refractivity contribution >= 4 is 11.6 Å². The van der Waals surface area contributed by atoms with Crippen molar-refractivity contribution in [2.24, 2.45) is 0 Å². The van der Waals surface area contributed by atoms with Crippen LogP contribution in [0.4, 0.5) is 5.69 Å². The number of carbonyl (C=O) groups excluding carboxylic acids is 1. The Morgan fingerprint density at radius 3 is 2.45 bits per heavy atom. The zero-order valence-corrected chi connectivity index (χ0v) is 13.2. The number of benzene rings is 1. The molecule has 0 bridgehead atoms. The van der Waals surface area contributed by atoms with Gasteiger partial charge in [0.1, 0.15) is 0 Å². The molecule has 4 heteroatoms. The fourth-order valence-electron chi connectivity index (χ4n) is 2.05. The monoisotopic (exact) mass is 278 g/mol. The van der Waals surface area contributed by atoms with Crippen molar-refractivity contribution in [3.8, 4) is 0 Å². The molecule has 0 saturated carbocycles. The lowest BCUT2D eigenvalue weighted by molar-refractivity contribution is -0.117. The van der Waals surface area contributed by atoms with Gasteiger partial charge in [-0.3, -0.25) is 9.69 Å². The second-order valence-electron chi connectivity index (χ2n) is 5.96. The summed E-state index contributed by atoms with van der Waals surface area (Å²) < 4.78 is 0. The fraction of sp³-hybridized carbons (Fsp3) is 0.562. The van der Waals surface area contributed by atoms with Crippen LogP contribution in [0.1, 0.15) is 31.9 Å². The number of hydrogen-bond acceptors (Lipinski definition) is 3. The predicted octanol–water partition coefficient (Wildman–Crippen LogP) is 2.33. The summed E-state index contributed by atoms with van der Waals surface area (Å²) >= 11 is 0. The molecule has 1 rings (SSSR count). The topological polar surface area (TPSA) is 52.6 Å². The van der Waals surface area contributed by atoms with Gasteiger partial charge in [-0.25, -0.2) is 0 Å². The second kappa shape index (κ2) is 6.86. The molecule has 4 nitrogen and oxygen atoms in total. The van der Waals surface area contributed by atoms with Gasteiger partial charge in [0.05, 0.1) is 12.1 Å². The van der Waals surface area contributed by atoms with E-state index in [-0.39, 0.29) is 12.5 Å². The van der Waals surface area contributed by atoms with Crippen LogP contribution in [0.3, 0.4) is 0 Å². The summed E-state index contributed by atoms with van der Waals surface area (Å²) in [6.07, 6.45) is 0. The summed E-state index contributed by atoms with van der Waals surface area (Å²) in [6, 6.07) is 5.88. The molecule has 0 heterocycles. The van der Waals surface area contributed by atoms with Gasteiger partial charge >= 0.3 is 0 Å². The molecule has 2 N–H and O–H groups in total. The Morgan fingerprint density at radius 1 is 1.30 bits per heavy atom. The highest BCUT2D eigenvalue weighted by Gasteiger charge is 2.19. The normalized spacial score (nSPS) is 11.8. The molecule has 0 unspecified atom stereocenters. The third-order valence-electron chi connectivity index (χ3n) is 3.22. The average molecular weight is 278 g/mol. The molecule has 0 aliphatic carbocycles. The van der Waals surface area contributed by atoms with Gasteiger partial charge in [-0.1, -0.05) is 13.0 Å². The lowest BCUT2D eigenvalue weighted by atomic mass is 10.1. The highest BCUT2D eigenvalue weighted by molar-refractivity contribution is 5.92. The van der Waals surface area contributed by atoms with Gasteiger partial charge in [-0.15, -0.1) is 0 Å². The van der Waals surface area contributed by atoms with E-state index in [0.29, 0.717) is 6.54 Å². The molecule has 0 radical (unpaired) electrons. The maximum Gasteiger partial charge on any atom is 0.238 e. The molecule has 0 aliphatic heterocycles. The first-order valence-corrected chi connectivity index (χ1v) is 7.03. The van der Waals surface area contributed by atoms with Crippen molar-refractivity contribution in [3.63, 3.8) is 0 Å². The van der Waals surface area contributed by atoms with Crippen LogP contribution in [0.25, 0.3) is 0 Å². The number of aryl methyl sites for hydroxylation is 2. The number of amides is 1. The molecule has 0 fully saturated rings. The molecular weight excluding hydrogens is 252 g/mol. The maximum atomic E-state index is 12.0. The molecule has 0 spiro atoms. The Bertz CT molecular complexity index is 464. The Kier molecular flexibility index (Phi) is 5.72. The van der Waals surface area contributed by atoms with Crippen LogP contribution in [0.5, 0.6) is 0 Å². The first-order chi connectivity index (χ1) is 9.21. The first kappa shape index (κ1) is 16.7. The van der Waals surface area contributed by atoms with Gasteiger partial charge in [0, 0.05) is 12.2 Å². The predicted molar refractivity (Wildman–Crippen MR) is 83.0 cm³/mol. The van der Waals surface area contributed by atoms with Gasteiger partial charge < -0.3 is 10.4 Å². The third-order valence-corrected chi connectivity index (χ3v) is 3.22. The number of nitrogens with one attached hydrogen (secondary N) is 1. The van der Waals surface area contributed by atoms with E-state index in [0.717, 1.165) is 17.8 Å². The molecule has 0 aromatic heterocycles. The number of rotatable bonds is 6. The van der Waals surface area contributed by atoms with Crippen molar-refractivity contribution in [2.45, 2.75) is 40.2 Å². The lowest BCUT2D eigenvalue weighted by Gasteiger charge is -2.27. The summed E-state index contributed by atoms with van der Waals surface area (Å²) in [7, 11) is 0. The Labute approximate surface area is 121 Å². The lowest BCUT2D eigenvalue weighted by Crippen LogP contribution is -2.42. The molecule has 1 amide bonds. The van der Waals surface area contributed by atoms with Crippen molar-refractivity contribution in [2.75, 3.05) is 25.0 Å². The van der Waals surface area contributed by atoms with Gasteiger partial charge in [-0.05, 0) is 57.5 Å². The minimum Gasteiger partial charge on any atom is -0.389 e. The summed E-state index contributed by atoms with van der Waals surface area (Å²) in [5, 5.41) is 12.7. The van der Waals surface area contributed by atoms with Crippen molar-refractivity contribution in [1.82, 2.24) is 4.90 Å². The van der Waals surface area contributed by atoms with Crippen LogP contribution in [0, 0.1) is 13.8 Å². The number of hydrogen-bond donors (Lipinski definition) is 2. The standard InChI is InChI=1S/C16H26N2O2/c1-6-18(11-16(4,5)20)10-15(19)17-14-8-7-12(2)13(3)9-14/h7-9,20H,6,10-11H2,1-5H3,(H,17,19). The van der Waals surface area contributed by atoms with E-state index in [1.54, 1.807) is 13.8 Å². The van der Waals surface area contributed by atoms with Gasteiger partial charge in [0.15, 0.2) is 0 Å². The highest BCUT2D eigenvalue weighted by Crippen LogP contribution is 2.14.